The zero-order chi connectivity index (χ0) is 13.7. The number of hydrogen-bond donors (Lipinski definition) is 2. The molecule has 1 saturated carbocycles. The maximum absolute atomic E-state index is 10.5. The number of non-ortho nitro benzene ring substituents is 1. The molecule has 0 atom stereocenters. The second kappa shape index (κ2) is 6.12. The van der Waals surface area contributed by atoms with Gasteiger partial charge in [0.15, 0.2) is 0 Å². The van der Waals surface area contributed by atoms with Crippen molar-refractivity contribution in [1.29, 1.82) is 0 Å². The highest BCUT2D eigenvalue weighted by Gasteiger charge is 2.32. The Kier molecular flexibility index (Phi) is 4.50. The van der Waals surface area contributed by atoms with Gasteiger partial charge in [0.05, 0.1) is 4.92 Å². The Labute approximate surface area is 112 Å². The van der Waals surface area contributed by atoms with E-state index in [0.29, 0.717) is 6.54 Å². The van der Waals surface area contributed by atoms with Crippen LogP contribution in [0.2, 0.25) is 0 Å². The van der Waals surface area contributed by atoms with E-state index in [1.807, 2.05) is 0 Å². The van der Waals surface area contributed by atoms with Crippen molar-refractivity contribution in [3.63, 3.8) is 0 Å². The Balaban J connectivity index is 1.83. The molecule has 1 aromatic carbocycles. The smallest absolute Gasteiger partial charge is 0.269 e. The molecule has 0 heterocycles. The minimum atomic E-state index is -0.392. The average molecular weight is 264 g/mol. The lowest BCUT2D eigenvalue weighted by Crippen LogP contribution is -2.34. The molecule has 2 N–H and O–H groups in total. The maximum Gasteiger partial charge on any atom is 0.269 e. The van der Waals surface area contributed by atoms with Crippen LogP contribution in [0.25, 0.3) is 0 Å². The third-order valence-electron chi connectivity index (χ3n) is 3.98. The van der Waals surface area contributed by atoms with Crippen molar-refractivity contribution in [3.8, 4) is 0 Å². The van der Waals surface area contributed by atoms with Crippen LogP contribution in [0, 0.1) is 15.5 Å². The molecule has 1 fully saturated rings. The molecule has 19 heavy (non-hydrogen) atoms. The van der Waals surface area contributed by atoms with E-state index in [1.165, 1.54) is 25.0 Å². The molecule has 0 bridgehead atoms. The summed E-state index contributed by atoms with van der Waals surface area (Å²) in [6.07, 6.45) is 4.55. The van der Waals surface area contributed by atoms with Crippen LogP contribution in [0.4, 0.5) is 5.69 Å². The highest BCUT2D eigenvalue weighted by Crippen LogP contribution is 2.36. The molecule has 0 radical (unpaired) electrons. The number of nitro groups is 1. The number of nitrogens with one attached hydrogen (secondary N) is 1. The third-order valence-corrected chi connectivity index (χ3v) is 3.98. The van der Waals surface area contributed by atoms with Gasteiger partial charge in [-0.3, -0.25) is 10.1 Å². The van der Waals surface area contributed by atoms with Crippen LogP contribution in [-0.2, 0) is 6.54 Å². The predicted molar refractivity (Wildman–Crippen MR) is 72.8 cm³/mol. The van der Waals surface area contributed by atoms with E-state index in [-0.39, 0.29) is 17.7 Å². The summed E-state index contributed by atoms with van der Waals surface area (Å²) >= 11 is 0. The summed E-state index contributed by atoms with van der Waals surface area (Å²) < 4.78 is 0. The minimum Gasteiger partial charge on any atom is -0.396 e. The van der Waals surface area contributed by atoms with Gasteiger partial charge in [-0.15, -0.1) is 0 Å². The van der Waals surface area contributed by atoms with Crippen LogP contribution in [0.3, 0.4) is 0 Å². The van der Waals surface area contributed by atoms with E-state index in [1.54, 1.807) is 12.1 Å². The van der Waals surface area contributed by atoms with Crippen molar-refractivity contribution in [2.24, 2.45) is 5.41 Å². The quantitative estimate of drug-likeness (QED) is 0.610. The van der Waals surface area contributed by atoms with E-state index in [0.717, 1.165) is 24.9 Å². The standard InChI is InChI=1S/C14H20N2O3/c17-11-14(7-1-2-8-14)10-15-9-12-3-5-13(6-4-12)16(18)19/h3-6,15,17H,1-2,7-11H2. The van der Waals surface area contributed by atoms with Gasteiger partial charge in [0.2, 0.25) is 0 Å². The second-order valence-electron chi connectivity index (χ2n) is 5.39. The Bertz CT molecular complexity index is 425. The van der Waals surface area contributed by atoms with E-state index >= 15 is 0 Å². The van der Waals surface area contributed by atoms with Crippen LogP contribution < -0.4 is 5.32 Å². The molecule has 0 unspecified atom stereocenters. The number of aliphatic hydroxyl groups is 1. The van der Waals surface area contributed by atoms with Gasteiger partial charge in [-0.05, 0) is 18.4 Å². The van der Waals surface area contributed by atoms with E-state index in [4.69, 9.17) is 0 Å². The van der Waals surface area contributed by atoms with Crippen molar-refractivity contribution in [3.05, 3.63) is 39.9 Å². The molecule has 0 saturated heterocycles. The van der Waals surface area contributed by atoms with Gasteiger partial charge < -0.3 is 10.4 Å². The molecular formula is C14H20N2O3. The number of benzene rings is 1. The molecule has 5 heteroatoms. The van der Waals surface area contributed by atoms with Gasteiger partial charge in [0.25, 0.3) is 5.69 Å². The topological polar surface area (TPSA) is 75.4 Å². The summed E-state index contributed by atoms with van der Waals surface area (Å²) in [5, 5.41) is 23.4. The van der Waals surface area contributed by atoms with Crippen molar-refractivity contribution in [2.75, 3.05) is 13.2 Å². The Morgan fingerprint density at radius 2 is 1.89 bits per heavy atom. The molecule has 0 spiro atoms. The fourth-order valence-corrected chi connectivity index (χ4v) is 2.72. The van der Waals surface area contributed by atoms with Crippen LogP contribution in [0.1, 0.15) is 31.2 Å². The summed E-state index contributed by atoms with van der Waals surface area (Å²) in [7, 11) is 0. The largest absolute Gasteiger partial charge is 0.396 e. The van der Waals surface area contributed by atoms with Crippen molar-refractivity contribution in [1.82, 2.24) is 5.32 Å². The first-order valence-electron chi connectivity index (χ1n) is 6.70. The summed E-state index contributed by atoms with van der Waals surface area (Å²) in [6, 6.07) is 6.58. The number of rotatable bonds is 6. The number of nitro benzene ring substituents is 1. The van der Waals surface area contributed by atoms with Gasteiger partial charge in [-0.2, -0.15) is 0 Å². The first-order valence-corrected chi connectivity index (χ1v) is 6.70. The first-order chi connectivity index (χ1) is 9.15. The molecule has 1 aromatic rings. The Morgan fingerprint density at radius 3 is 2.42 bits per heavy atom. The van der Waals surface area contributed by atoms with Crippen molar-refractivity contribution < 1.29 is 10.0 Å². The van der Waals surface area contributed by atoms with Gasteiger partial charge >= 0.3 is 0 Å². The molecule has 1 aliphatic rings. The van der Waals surface area contributed by atoms with E-state index in [9.17, 15) is 15.2 Å². The fourth-order valence-electron chi connectivity index (χ4n) is 2.72. The maximum atomic E-state index is 10.5. The number of aliphatic hydroxyl groups excluding tert-OH is 1. The van der Waals surface area contributed by atoms with Crippen LogP contribution in [0.5, 0.6) is 0 Å². The molecule has 104 valence electrons. The lowest BCUT2D eigenvalue weighted by Gasteiger charge is -2.26. The summed E-state index contributed by atoms with van der Waals surface area (Å²) in [5.41, 5.74) is 1.18. The van der Waals surface area contributed by atoms with Gasteiger partial charge in [-0.25, -0.2) is 0 Å². The first kappa shape index (κ1) is 14.0. The number of hydrogen-bond acceptors (Lipinski definition) is 4. The second-order valence-corrected chi connectivity index (χ2v) is 5.39. The Hall–Kier alpha value is -1.46. The molecule has 0 aliphatic heterocycles. The molecule has 0 aromatic heterocycles. The minimum absolute atomic E-state index is 0.0424. The van der Waals surface area contributed by atoms with Gasteiger partial charge in [0, 0.05) is 37.2 Å². The fraction of sp³-hybridized carbons (Fsp3) is 0.571. The zero-order valence-corrected chi connectivity index (χ0v) is 11.0. The zero-order valence-electron chi connectivity index (χ0n) is 11.0. The highest BCUT2D eigenvalue weighted by atomic mass is 16.6. The lowest BCUT2D eigenvalue weighted by molar-refractivity contribution is -0.384. The number of nitrogens with zero attached hydrogens (tertiary/aromatic N) is 1. The molecular weight excluding hydrogens is 244 g/mol. The lowest BCUT2D eigenvalue weighted by atomic mass is 9.87. The van der Waals surface area contributed by atoms with E-state index in [2.05, 4.69) is 5.32 Å². The molecule has 0 amide bonds. The summed E-state index contributed by atoms with van der Waals surface area (Å²) in [6.45, 7) is 1.72. The predicted octanol–water partition coefficient (Wildman–Crippen LogP) is 2.24. The molecule has 5 nitrogen and oxygen atoms in total. The monoisotopic (exact) mass is 264 g/mol. The summed E-state index contributed by atoms with van der Waals surface area (Å²) in [5.74, 6) is 0. The van der Waals surface area contributed by atoms with Gasteiger partial charge in [0.1, 0.15) is 0 Å². The molecule has 1 aliphatic carbocycles. The average Bonchev–Trinajstić information content (AvgIpc) is 2.89. The van der Waals surface area contributed by atoms with Crippen LogP contribution >= 0.6 is 0 Å². The van der Waals surface area contributed by atoms with Crippen LogP contribution in [-0.4, -0.2) is 23.2 Å². The Morgan fingerprint density at radius 1 is 1.26 bits per heavy atom. The van der Waals surface area contributed by atoms with Crippen molar-refractivity contribution in [2.45, 2.75) is 32.2 Å². The van der Waals surface area contributed by atoms with Crippen LogP contribution in [0.15, 0.2) is 24.3 Å². The third kappa shape index (κ3) is 3.52. The van der Waals surface area contributed by atoms with Gasteiger partial charge in [-0.1, -0.05) is 25.0 Å². The summed E-state index contributed by atoms with van der Waals surface area (Å²) in [4.78, 5) is 10.2. The van der Waals surface area contributed by atoms with E-state index < -0.39 is 4.92 Å². The highest BCUT2D eigenvalue weighted by molar-refractivity contribution is 5.32. The molecule has 2 rings (SSSR count). The SMILES string of the molecule is O=[N+]([O-])c1ccc(CNCC2(CO)CCCC2)cc1. The van der Waals surface area contributed by atoms with Crippen molar-refractivity contribution >= 4 is 5.69 Å². The normalized spacial score (nSPS) is 17.5.